The van der Waals surface area contributed by atoms with Crippen LogP contribution >= 0.6 is 0 Å². The number of carbonyl (C=O) groups is 1. The van der Waals surface area contributed by atoms with Crippen molar-refractivity contribution >= 4 is 23.1 Å². The smallest absolute Gasteiger partial charge is 0.337 e. The van der Waals surface area contributed by atoms with Gasteiger partial charge in [0.2, 0.25) is 5.82 Å². The Labute approximate surface area is 191 Å². The number of nitrogens with one attached hydrogen (secondary N) is 1. The largest absolute Gasteiger partial charge is 0.478 e. The van der Waals surface area contributed by atoms with Crippen molar-refractivity contribution < 1.29 is 14.3 Å². The lowest BCUT2D eigenvalue weighted by molar-refractivity contribution is 0.0698. The Bertz CT molecular complexity index is 1270. The molecule has 33 heavy (non-hydrogen) atoms. The van der Waals surface area contributed by atoms with Gasteiger partial charge in [0.1, 0.15) is 5.65 Å². The molecule has 3 aromatic rings. The highest BCUT2D eigenvalue weighted by Gasteiger charge is 2.29. The standard InChI is InChI=1S/C25H29FN4O3/c1-15-13-18(16(2)27-19-8-6-5-7-17(19)24(32)33)21-28-22(20(26)23(31)30(21)14-15)29-11-9-25(3,4)10-12-29/h5-8,13-14,16,27H,9-12H2,1-4H3,(H,32,33)/t16-/m1/s1. The topological polar surface area (TPSA) is 86.9 Å². The lowest BCUT2D eigenvalue weighted by Crippen LogP contribution is -2.39. The summed E-state index contributed by atoms with van der Waals surface area (Å²) in [6, 6.07) is 8.15. The average molecular weight is 453 g/mol. The number of anilines is 2. The summed E-state index contributed by atoms with van der Waals surface area (Å²) in [5, 5.41) is 12.7. The number of carboxylic acids is 1. The number of aromatic carboxylic acids is 1. The average Bonchev–Trinajstić information content (AvgIpc) is 2.76. The summed E-state index contributed by atoms with van der Waals surface area (Å²) in [5.41, 5.74) is 1.87. The van der Waals surface area contributed by atoms with E-state index in [2.05, 4.69) is 24.1 Å². The SMILES string of the molecule is Cc1cc([C@@H](C)Nc2ccccc2C(=O)O)c2nc(N3CCC(C)(C)CC3)c(F)c(=O)n2c1. The van der Waals surface area contributed by atoms with Crippen molar-refractivity contribution in [2.24, 2.45) is 5.41 Å². The van der Waals surface area contributed by atoms with Crippen LogP contribution in [-0.2, 0) is 0 Å². The monoisotopic (exact) mass is 452 g/mol. The number of para-hydroxylation sites is 1. The zero-order chi connectivity index (χ0) is 23.9. The van der Waals surface area contributed by atoms with Gasteiger partial charge in [-0.1, -0.05) is 26.0 Å². The second-order valence-corrected chi connectivity index (χ2v) is 9.59. The molecule has 8 heteroatoms. The van der Waals surface area contributed by atoms with E-state index in [9.17, 15) is 14.7 Å². The number of pyridine rings is 1. The molecule has 0 aliphatic carbocycles. The minimum atomic E-state index is -1.04. The van der Waals surface area contributed by atoms with Gasteiger partial charge in [-0.15, -0.1) is 0 Å². The summed E-state index contributed by atoms with van der Waals surface area (Å²) < 4.78 is 16.4. The lowest BCUT2D eigenvalue weighted by atomic mass is 9.83. The predicted octanol–water partition coefficient (Wildman–Crippen LogP) is 4.64. The number of fused-ring (bicyclic) bond motifs is 1. The van der Waals surface area contributed by atoms with Crippen LogP contribution in [0.2, 0.25) is 0 Å². The number of aryl methyl sites for hydroxylation is 1. The Hall–Kier alpha value is -3.42. The first-order valence-corrected chi connectivity index (χ1v) is 11.1. The van der Waals surface area contributed by atoms with Gasteiger partial charge in [-0.3, -0.25) is 9.20 Å². The molecule has 0 bridgehead atoms. The van der Waals surface area contributed by atoms with E-state index in [1.165, 1.54) is 10.5 Å². The number of rotatable bonds is 5. The molecule has 1 saturated heterocycles. The minimum Gasteiger partial charge on any atom is -0.478 e. The van der Waals surface area contributed by atoms with Crippen molar-refractivity contribution in [3.05, 3.63) is 69.4 Å². The number of carboxylic acid groups (broad SMARTS) is 1. The molecule has 0 spiro atoms. The Kier molecular flexibility index (Phi) is 5.86. The van der Waals surface area contributed by atoms with Gasteiger partial charge in [-0.2, -0.15) is 4.39 Å². The molecular formula is C25H29FN4O3. The highest BCUT2D eigenvalue weighted by Crippen LogP contribution is 2.33. The first-order valence-electron chi connectivity index (χ1n) is 11.1. The van der Waals surface area contributed by atoms with Crippen molar-refractivity contribution in [3.63, 3.8) is 0 Å². The zero-order valence-electron chi connectivity index (χ0n) is 19.4. The lowest BCUT2D eigenvalue weighted by Gasteiger charge is -2.37. The van der Waals surface area contributed by atoms with E-state index in [1.54, 1.807) is 24.4 Å². The Balaban J connectivity index is 1.80. The zero-order valence-corrected chi connectivity index (χ0v) is 19.4. The molecule has 1 aliphatic heterocycles. The number of hydrogen-bond donors (Lipinski definition) is 2. The molecule has 0 radical (unpaired) electrons. The summed E-state index contributed by atoms with van der Waals surface area (Å²) in [5.74, 6) is -1.80. The van der Waals surface area contributed by atoms with Gasteiger partial charge in [0.15, 0.2) is 5.82 Å². The maximum atomic E-state index is 15.1. The molecule has 4 rings (SSSR count). The molecule has 3 heterocycles. The van der Waals surface area contributed by atoms with Gasteiger partial charge in [-0.25, -0.2) is 9.78 Å². The fraction of sp³-hybridized carbons (Fsp3) is 0.400. The van der Waals surface area contributed by atoms with Crippen LogP contribution in [0.1, 0.15) is 61.1 Å². The molecule has 7 nitrogen and oxygen atoms in total. The van der Waals surface area contributed by atoms with Gasteiger partial charge in [0.05, 0.1) is 11.6 Å². The summed E-state index contributed by atoms with van der Waals surface area (Å²) >= 11 is 0. The quantitative estimate of drug-likeness (QED) is 0.587. The summed E-state index contributed by atoms with van der Waals surface area (Å²) in [4.78, 5) is 31.1. The molecule has 1 fully saturated rings. The van der Waals surface area contributed by atoms with Crippen LogP contribution in [0.4, 0.5) is 15.9 Å². The second-order valence-electron chi connectivity index (χ2n) is 9.59. The van der Waals surface area contributed by atoms with Crippen LogP contribution in [0, 0.1) is 18.2 Å². The number of aromatic nitrogens is 2. The van der Waals surface area contributed by atoms with Crippen LogP contribution in [0.3, 0.4) is 0 Å². The molecule has 1 aromatic carbocycles. The number of nitrogens with zero attached hydrogens (tertiary/aromatic N) is 3. The van der Waals surface area contributed by atoms with E-state index >= 15 is 4.39 Å². The predicted molar refractivity (Wildman–Crippen MR) is 127 cm³/mol. The fourth-order valence-corrected chi connectivity index (χ4v) is 4.33. The third kappa shape index (κ3) is 4.42. The van der Waals surface area contributed by atoms with Gasteiger partial charge >= 0.3 is 5.97 Å². The van der Waals surface area contributed by atoms with Gasteiger partial charge in [0.25, 0.3) is 5.56 Å². The molecule has 0 saturated carbocycles. The molecule has 2 N–H and O–H groups in total. The highest BCUT2D eigenvalue weighted by molar-refractivity contribution is 5.94. The number of benzene rings is 1. The molecule has 1 atom stereocenters. The second kappa shape index (κ2) is 8.50. The van der Waals surface area contributed by atoms with E-state index in [1.807, 2.05) is 24.8 Å². The summed E-state index contributed by atoms with van der Waals surface area (Å²) in [6.45, 7) is 9.33. The van der Waals surface area contributed by atoms with Crippen molar-refractivity contribution in [2.75, 3.05) is 23.3 Å². The number of halogens is 1. The minimum absolute atomic E-state index is 0.0822. The summed E-state index contributed by atoms with van der Waals surface area (Å²) in [6.07, 6.45) is 3.36. The third-order valence-corrected chi connectivity index (χ3v) is 6.43. The highest BCUT2D eigenvalue weighted by atomic mass is 19.1. The van der Waals surface area contributed by atoms with E-state index in [-0.39, 0.29) is 22.8 Å². The third-order valence-electron chi connectivity index (χ3n) is 6.43. The number of piperidine rings is 1. The first kappa shape index (κ1) is 22.8. The van der Waals surface area contributed by atoms with E-state index in [0.29, 0.717) is 30.0 Å². The maximum absolute atomic E-state index is 15.1. The van der Waals surface area contributed by atoms with Crippen molar-refractivity contribution in [1.29, 1.82) is 0 Å². The summed E-state index contributed by atoms with van der Waals surface area (Å²) in [7, 11) is 0. The number of hydrogen-bond acceptors (Lipinski definition) is 5. The molecule has 1 aliphatic rings. The molecule has 174 valence electrons. The van der Waals surface area contributed by atoms with E-state index in [4.69, 9.17) is 0 Å². The molecule has 0 amide bonds. The molecular weight excluding hydrogens is 423 g/mol. The van der Waals surface area contributed by atoms with Gasteiger partial charge in [-0.05, 0) is 55.9 Å². The van der Waals surface area contributed by atoms with E-state index in [0.717, 1.165) is 18.4 Å². The van der Waals surface area contributed by atoms with Crippen LogP contribution in [0.25, 0.3) is 5.65 Å². The maximum Gasteiger partial charge on any atom is 0.337 e. The van der Waals surface area contributed by atoms with Crippen LogP contribution < -0.4 is 15.8 Å². The van der Waals surface area contributed by atoms with Crippen LogP contribution in [0.15, 0.2) is 41.3 Å². The molecule has 0 unspecified atom stereocenters. The van der Waals surface area contributed by atoms with Gasteiger partial charge in [0, 0.05) is 30.5 Å². The molecule has 2 aromatic heterocycles. The Morgan fingerprint density at radius 2 is 1.91 bits per heavy atom. The van der Waals surface area contributed by atoms with Crippen molar-refractivity contribution in [1.82, 2.24) is 9.38 Å². The van der Waals surface area contributed by atoms with Crippen molar-refractivity contribution in [2.45, 2.75) is 46.6 Å². The van der Waals surface area contributed by atoms with Crippen LogP contribution in [0.5, 0.6) is 0 Å². The van der Waals surface area contributed by atoms with Crippen LogP contribution in [-0.4, -0.2) is 33.6 Å². The Morgan fingerprint density at radius 1 is 1.24 bits per heavy atom. The fourth-order valence-electron chi connectivity index (χ4n) is 4.33. The normalized spacial score (nSPS) is 16.6. The first-order chi connectivity index (χ1) is 15.6. The van der Waals surface area contributed by atoms with Crippen molar-refractivity contribution in [3.8, 4) is 0 Å². The van der Waals surface area contributed by atoms with E-state index < -0.39 is 17.3 Å². The van der Waals surface area contributed by atoms with Gasteiger partial charge < -0.3 is 15.3 Å². The Morgan fingerprint density at radius 3 is 2.58 bits per heavy atom.